The molecule has 1 fully saturated rings. The predicted molar refractivity (Wildman–Crippen MR) is 66.9 cm³/mol. The van der Waals surface area contributed by atoms with E-state index >= 15 is 0 Å². The van der Waals surface area contributed by atoms with E-state index in [0.717, 1.165) is 6.42 Å². The van der Waals surface area contributed by atoms with Crippen LogP contribution in [0.5, 0.6) is 0 Å². The van der Waals surface area contributed by atoms with Crippen LogP contribution in [0.15, 0.2) is 30.3 Å². The lowest BCUT2D eigenvalue weighted by Crippen LogP contribution is -2.09. The van der Waals surface area contributed by atoms with Crippen LogP contribution in [0.25, 0.3) is 0 Å². The highest BCUT2D eigenvalue weighted by Crippen LogP contribution is 2.40. The molecule has 0 aromatic heterocycles. The van der Waals surface area contributed by atoms with Crippen LogP contribution in [0.3, 0.4) is 0 Å². The fourth-order valence-corrected chi connectivity index (χ4v) is 2.61. The molecule has 0 radical (unpaired) electrons. The Morgan fingerprint density at radius 1 is 1.28 bits per heavy atom. The van der Waals surface area contributed by atoms with Gasteiger partial charge < -0.3 is 0 Å². The molecule has 1 atom stereocenters. The van der Waals surface area contributed by atoms with Crippen molar-refractivity contribution in [2.24, 2.45) is 5.92 Å². The van der Waals surface area contributed by atoms with Crippen LogP contribution >= 0.6 is 0 Å². The Balaban J connectivity index is 1.72. The molecule has 0 aliphatic heterocycles. The van der Waals surface area contributed by atoms with Gasteiger partial charge in [0, 0.05) is 24.8 Å². The molecule has 0 amide bonds. The number of hydrogen-bond donors (Lipinski definition) is 0. The molecule has 1 nitrogen and oxygen atoms in total. The van der Waals surface area contributed by atoms with Gasteiger partial charge >= 0.3 is 0 Å². The topological polar surface area (TPSA) is 17.1 Å². The van der Waals surface area contributed by atoms with Crippen LogP contribution in [0.4, 0.5) is 8.78 Å². The number of rotatable bonds is 5. The van der Waals surface area contributed by atoms with Gasteiger partial charge in [-0.1, -0.05) is 30.3 Å². The maximum atomic E-state index is 13.0. The van der Waals surface area contributed by atoms with Crippen LogP contribution in [0.1, 0.15) is 48.9 Å². The second-order valence-electron chi connectivity index (χ2n) is 5.15. The van der Waals surface area contributed by atoms with Crippen molar-refractivity contribution in [3.8, 4) is 0 Å². The maximum absolute atomic E-state index is 13.0. The Morgan fingerprint density at radius 3 is 2.61 bits per heavy atom. The molecule has 1 unspecified atom stereocenters. The van der Waals surface area contributed by atoms with Crippen LogP contribution < -0.4 is 0 Å². The summed E-state index contributed by atoms with van der Waals surface area (Å²) in [6.07, 6.45) is 2.55. The average Bonchev–Trinajstić information content (AvgIpc) is 2.70. The number of ketones is 1. The van der Waals surface area contributed by atoms with E-state index < -0.39 is 5.92 Å². The number of halogens is 2. The second kappa shape index (κ2) is 5.59. The molecule has 0 N–H and O–H groups in total. The van der Waals surface area contributed by atoms with E-state index in [2.05, 4.69) is 0 Å². The minimum atomic E-state index is -2.46. The zero-order chi connectivity index (χ0) is 13.0. The van der Waals surface area contributed by atoms with Crippen LogP contribution in [-0.4, -0.2) is 11.7 Å². The predicted octanol–water partition coefficient (Wildman–Crippen LogP) is 4.48. The minimum Gasteiger partial charge on any atom is -0.294 e. The fourth-order valence-electron chi connectivity index (χ4n) is 2.61. The van der Waals surface area contributed by atoms with Crippen molar-refractivity contribution < 1.29 is 13.6 Å². The lowest BCUT2D eigenvalue weighted by molar-refractivity contribution is 0.00466. The third-order valence-electron chi connectivity index (χ3n) is 3.62. The summed E-state index contributed by atoms with van der Waals surface area (Å²) < 4.78 is 26.0. The van der Waals surface area contributed by atoms with Crippen molar-refractivity contribution in [2.45, 2.75) is 44.4 Å². The van der Waals surface area contributed by atoms with Gasteiger partial charge in [-0.05, 0) is 25.2 Å². The minimum absolute atomic E-state index is 0.00648. The van der Waals surface area contributed by atoms with Crippen molar-refractivity contribution in [1.82, 2.24) is 0 Å². The molecule has 18 heavy (non-hydrogen) atoms. The van der Waals surface area contributed by atoms with Gasteiger partial charge in [0.15, 0.2) is 5.78 Å². The van der Waals surface area contributed by atoms with Crippen molar-refractivity contribution in [3.63, 3.8) is 0 Å². The Hall–Kier alpha value is -1.25. The summed E-state index contributed by atoms with van der Waals surface area (Å²) in [5.41, 5.74) is 0.717. The molecule has 2 rings (SSSR count). The van der Waals surface area contributed by atoms with Crippen molar-refractivity contribution in [2.75, 3.05) is 0 Å². The largest absolute Gasteiger partial charge is 0.294 e. The van der Waals surface area contributed by atoms with Gasteiger partial charge in [0.05, 0.1) is 0 Å². The van der Waals surface area contributed by atoms with E-state index in [1.54, 1.807) is 12.1 Å². The lowest BCUT2D eigenvalue weighted by Gasteiger charge is -2.09. The highest BCUT2D eigenvalue weighted by atomic mass is 19.3. The molecule has 0 spiro atoms. The molecular formula is C15H18F2O. The standard InChI is InChI=1S/C15H18F2O/c16-15(17)10-9-12(11-15)5-4-8-14(18)13-6-2-1-3-7-13/h1-3,6-7,12H,4-5,8-11H2. The summed E-state index contributed by atoms with van der Waals surface area (Å²) in [6, 6.07) is 9.14. The quantitative estimate of drug-likeness (QED) is 0.706. The first-order valence-electron chi connectivity index (χ1n) is 6.53. The fraction of sp³-hybridized carbons (Fsp3) is 0.533. The van der Waals surface area contributed by atoms with Crippen molar-refractivity contribution in [3.05, 3.63) is 35.9 Å². The zero-order valence-corrected chi connectivity index (χ0v) is 10.4. The van der Waals surface area contributed by atoms with E-state index in [9.17, 15) is 13.6 Å². The Bertz CT molecular complexity index is 400. The molecule has 0 heterocycles. The highest BCUT2D eigenvalue weighted by Gasteiger charge is 2.38. The number of Topliss-reactive ketones (excluding diaryl/α,β-unsaturated/α-hetero) is 1. The third-order valence-corrected chi connectivity index (χ3v) is 3.62. The number of carbonyl (C=O) groups excluding carboxylic acids is 1. The summed E-state index contributed by atoms with van der Waals surface area (Å²) in [5, 5.41) is 0. The molecule has 0 saturated heterocycles. The molecule has 98 valence electrons. The van der Waals surface area contributed by atoms with Gasteiger partial charge in [-0.3, -0.25) is 4.79 Å². The van der Waals surface area contributed by atoms with E-state index in [-0.39, 0.29) is 24.5 Å². The van der Waals surface area contributed by atoms with Crippen molar-refractivity contribution in [1.29, 1.82) is 0 Å². The summed E-state index contributed by atoms with van der Waals surface area (Å²) in [6.45, 7) is 0. The Morgan fingerprint density at radius 2 is 2.00 bits per heavy atom. The zero-order valence-electron chi connectivity index (χ0n) is 10.4. The number of alkyl halides is 2. The van der Waals surface area contributed by atoms with Gasteiger partial charge in [0.1, 0.15) is 0 Å². The van der Waals surface area contributed by atoms with Crippen molar-refractivity contribution >= 4 is 5.78 Å². The average molecular weight is 252 g/mol. The van der Waals surface area contributed by atoms with Gasteiger partial charge in [-0.2, -0.15) is 0 Å². The maximum Gasteiger partial charge on any atom is 0.248 e. The molecule has 0 bridgehead atoms. The van der Waals surface area contributed by atoms with Gasteiger partial charge in [0.2, 0.25) is 5.92 Å². The second-order valence-corrected chi connectivity index (χ2v) is 5.15. The molecule has 1 aromatic carbocycles. The smallest absolute Gasteiger partial charge is 0.248 e. The third kappa shape index (κ3) is 3.62. The lowest BCUT2D eigenvalue weighted by atomic mass is 9.98. The number of carbonyl (C=O) groups is 1. The first-order valence-corrected chi connectivity index (χ1v) is 6.53. The monoisotopic (exact) mass is 252 g/mol. The molecule has 3 heteroatoms. The van der Waals surface area contributed by atoms with Gasteiger partial charge in [-0.15, -0.1) is 0 Å². The Labute approximate surface area is 106 Å². The number of benzene rings is 1. The molecule has 1 saturated carbocycles. The van der Waals surface area contributed by atoms with Gasteiger partial charge in [0.25, 0.3) is 0 Å². The highest BCUT2D eigenvalue weighted by molar-refractivity contribution is 5.95. The van der Waals surface area contributed by atoms with Gasteiger partial charge in [-0.25, -0.2) is 8.78 Å². The van der Waals surface area contributed by atoms with E-state index in [1.807, 2.05) is 18.2 Å². The number of hydrogen-bond acceptors (Lipinski definition) is 1. The summed E-state index contributed by atoms with van der Waals surface area (Å²) in [4.78, 5) is 11.8. The van der Waals surface area contributed by atoms with Crippen LogP contribution in [0, 0.1) is 5.92 Å². The SMILES string of the molecule is O=C(CCCC1CCC(F)(F)C1)c1ccccc1. The summed E-state index contributed by atoms with van der Waals surface area (Å²) in [5.74, 6) is -2.25. The molecular weight excluding hydrogens is 234 g/mol. The normalized spacial score (nSPS) is 22.0. The summed E-state index contributed by atoms with van der Waals surface area (Å²) >= 11 is 0. The first-order chi connectivity index (χ1) is 8.57. The van der Waals surface area contributed by atoms with E-state index in [0.29, 0.717) is 24.8 Å². The van der Waals surface area contributed by atoms with E-state index in [1.165, 1.54) is 0 Å². The van der Waals surface area contributed by atoms with Crippen LogP contribution in [-0.2, 0) is 0 Å². The van der Waals surface area contributed by atoms with E-state index in [4.69, 9.17) is 0 Å². The molecule has 1 aliphatic rings. The molecule has 1 aromatic rings. The Kier molecular flexibility index (Phi) is 4.10. The summed E-state index contributed by atoms with van der Waals surface area (Å²) in [7, 11) is 0. The molecule has 1 aliphatic carbocycles. The first kappa shape index (κ1) is 13.2. The van der Waals surface area contributed by atoms with Crippen LogP contribution in [0.2, 0.25) is 0 Å².